The lowest BCUT2D eigenvalue weighted by atomic mass is 10.1. The van der Waals surface area contributed by atoms with Gasteiger partial charge < -0.3 is 11.1 Å². The molecule has 1 atom stereocenters. The molecule has 4 heteroatoms. The Bertz CT molecular complexity index is 261. The predicted octanol–water partition coefficient (Wildman–Crippen LogP) is 1.75. The van der Waals surface area contributed by atoms with E-state index in [0.29, 0.717) is 4.99 Å². The lowest BCUT2D eigenvalue weighted by Crippen LogP contribution is -2.43. The van der Waals surface area contributed by atoms with Crippen molar-refractivity contribution in [3.63, 3.8) is 0 Å². The lowest BCUT2D eigenvalue weighted by molar-refractivity contribution is -0.124. The molecule has 0 aromatic carbocycles. The van der Waals surface area contributed by atoms with Crippen molar-refractivity contribution in [1.82, 2.24) is 5.32 Å². The molecule has 0 bridgehead atoms. The molecule has 1 aliphatic rings. The third-order valence-corrected chi connectivity index (χ3v) is 3.42. The van der Waals surface area contributed by atoms with Gasteiger partial charge in [0.05, 0.1) is 10.4 Å². The number of hydrogen-bond donors (Lipinski definition) is 2. The van der Waals surface area contributed by atoms with Crippen molar-refractivity contribution < 1.29 is 4.79 Å². The SMILES string of the molecule is CCCCC(C)NC(=O)C1(C(N)=S)CC1. The number of amides is 1. The molecule has 0 spiro atoms. The van der Waals surface area contributed by atoms with Gasteiger partial charge in [0, 0.05) is 6.04 Å². The molecule has 0 heterocycles. The monoisotopic (exact) mass is 228 g/mol. The Morgan fingerprint density at radius 1 is 1.60 bits per heavy atom. The minimum atomic E-state index is -0.504. The summed E-state index contributed by atoms with van der Waals surface area (Å²) in [7, 11) is 0. The van der Waals surface area contributed by atoms with Crippen LogP contribution in [0.25, 0.3) is 0 Å². The van der Waals surface area contributed by atoms with Gasteiger partial charge in [0.1, 0.15) is 0 Å². The second-order valence-electron chi connectivity index (χ2n) is 4.46. The Morgan fingerprint density at radius 3 is 2.60 bits per heavy atom. The molecular weight excluding hydrogens is 208 g/mol. The van der Waals surface area contributed by atoms with Crippen molar-refractivity contribution in [1.29, 1.82) is 0 Å². The predicted molar refractivity (Wildman–Crippen MR) is 65.6 cm³/mol. The zero-order chi connectivity index (χ0) is 11.5. The summed E-state index contributed by atoms with van der Waals surface area (Å²) in [6, 6.07) is 0.226. The Balaban J connectivity index is 2.39. The van der Waals surface area contributed by atoms with E-state index >= 15 is 0 Å². The van der Waals surface area contributed by atoms with Crippen LogP contribution in [-0.2, 0) is 4.79 Å². The Kier molecular flexibility index (Phi) is 4.08. The van der Waals surface area contributed by atoms with Crippen LogP contribution in [0.2, 0.25) is 0 Å². The normalized spacial score (nSPS) is 19.3. The van der Waals surface area contributed by atoms with Crippen LogP contribution >= 0.6 is 12.2 Å². The standard InChI is InChI=1S/C11H20N2OS/c1-3-4-5-8(2)13-10(14)11(6-7-11)9(12)15/h8H,3-7H2,1-2H3,(H2,12,15)(H,13,14). The van der Waals surface area contributed by atoms with E-state index in [-0.39, 0.29) is 11.9 Å². The number of rotatable bonds is 6. The highest BCUT2D eigenvalue weighted by Crippen LogP contribution is 2.46. The zero-order valence-electron chi connectivity index (χ0n) is 9.51. The largest absolute Gasteiger partial charge is 0.392 e. The van der Waals surface area contributed by atoms with Crippen molar-refractivity contribution in [3.05, 3.63) is 0 Å². The van der Waals surface area contributed by atoms with Crippen LogP contribution in [0.3, 0.4) is 0 Å². The molecule has 0 aromatic rings. The van der Waals surface area contributed by atoms with Crippen LogP contribution in [0.4, 0.5) is 0 Å². The van der Waals surface area contributed by atoms with E-state index in [1.165, 1.54) is 0 Å². The number of thiocarbonyl (C=S) groups is 1. The molecular formula is C11H20N2OS. The quantitative estimate of drug-likeness (QED) is 0.681. The van der Waals surface area contributed by atoms with E-state index in [9.17, 15) is 4.79 Å². The second kappa shape index (κ2) is 4.92. The second-order valence-corrected chi connectivity index (χ2v) is 4.90. The first-order chi connectivity index (χ1) is 7.03. The molecule has 0 radical (unpaired) electrons. The summed E-state index contributed by atoms with van der Waals surface area (Å²) in [6.07, 6.45) is 4.95. The maximum absolute atomic E-state index is 11.9. The van der Waals surface area contributed by atoms with E-state index < -0.39 is 5.41 Å². The van der Waals surface area contributed by atoms with Crippen molar-refractivity contribution >= 4 is 23.1 Å². The van der Waals surface area contributed by atoms with Crippen LogP contribution in [-0.4, -0.2) is 16.9 Å². The first kappa shape index (κ1) is 12.4. The van der Waals surface area contributed by atoms with Crippen LogP contribution in [0.1, 0.15) is 46.0 Å². The fraction of sp³-hybridized carbons (Fsp3) is 0.818. The summed E-state index contributed by atoms with van der Waals surface area (Å²) in [4.78, 5) is 12.2. The highest BCUT2D eigenvalue weighted by molar-refractivity contribution is 7.80. The highest BCUT2D eigenvalue weighted by Gasteiger charge is 2.52. The molecule has 1 amide bonds. The number of hydrogen-bond acceptors (Lipinski definition) is 2. The van der Waals surface area contributed by atoms with E-state index in [4.69, 9.17) is 18.0 Å². The molecule has 1 fully saturated rings. The average molecular weight is 228 g/mol. The van der Waals surface area contributed by atoms with Crippen LogP contribution < -0.4 is 11.1 Å². The molecule has 0 saturated heterocycles. The molecule has 1 aliphatic carbocycles. The number of unbranched alkanes of at least 4 members (excludes halogenated alkanes) is 1. The van der Waals surface area contributed by atoms with Crippen LogP contribution in [0.15, 0.2) is 0 Å². The number of carbonyl (C=O) groups is 1. The smallest absolute Gasteiger partial charge is 0.233 e. The minimum Gasteiger partial charge on any atom is -0.392 e. The van der Waals surface area contributed by atoms with E-state index in [0.717, 1.165) is 32.1 Å². The summed E-state index contributed by atoms with van der Waals surface area (Å²) in [5.74, 6) is 0.0265. The Morgan fingerprint density at radius 2 is 2.20 bits per heavy atom. The fourth-order valence-electron chi connectivity index (χ4n) is 1.65. The van der Waals surface area contributed by atoms with Crippen molar-refractivity contribution in [2.75, 3.05) is 0 Å². The van der Waals surface area contributed by atoms with Gasteiger partial charge >= 0.3 is 0 Å². The Labute approximate surface area is 96.8 Å². The van der Waals surface area contributed by atoms with Crippen LogP contribution in [0, 0.1) is 5.41 Å². The van der Waals surface area contributed by atoms with Crippen molar-refractivity contribution in [2.24, 2.45) is 11.1 Å². The topological polar surface area (TPSA) is 55.1 Å². The summed E-state index contributed by atoms with van der Waals surface area (Å²) < 4.78 is 0. The van der Waals surface area contributed by atoms with Crippen molar-refractivity contribution in [2.45, 2.75) is 52.0 Å². The third-order valence-electron chi connectivity index (χ3n) is 3.02. The molecule has 3 nitrogen and oxygen atoms in total. The number of nitrogens with two attached hydrogens (primary N) is 1. The molecule has 0 aromatic heterocycles. The summed E-state index contributed by atoms with van der Waals surface area (Å²) in [5, 5.41) is 2.99. The van der Waals surface area contributed by atoms with Gasteiger partial charge in [-0.25, -0.2) is 0 Å². The summed E-state index contributed by atoms with van der Waals surface area (Å²) in [5.41, 5.74) is 5.08. The third kappa shape index (κ3) is 2.91. The fourth-order valence-corrected chi connectivity index (χ4v) is 1.95. The van der Waals surface area contributed by atoms with Gasteiger partial charge in [0.25, 0.3) is 0 Å². The van der Waals surface area contributed by atoms with Gasteiger partial charge in [0.2, 0.25) is 5.91 Å². The minimum absolute atomic E-state index is 0.0265. The first-order valence-corrected chi connectivity index (χ1v) is 6.04. The van der Waals surface area contributed by atoms with E-state index in [1.807, 2.05) is 6.92 Å². The van der Waals surface area contributed by atoms with Crippen molar-refractivity contribution in [3.8, 4) is 0 Å². The zero-order valence-corrected chi connectivity index (χ0v) is 10.3. The van der Waals surface area contributed by atoms with Gasteiger partial charge in [-0.2, -0.15) is 0 Å². The van der Waals surface area contributed by atoms with Gasteiger partial charge in [-0.05, 0) is 26.2 Å². The van der Waals surface area contributed by atoms with Gasteiger partial charge in [0.15, 0.2) is 0 Å². The first-order valence-electron chi connectivity index (χ1n) is 5.64. The number of carbonyl (C=O) groups excluding carboxylic acids is 1. The molecule has 15 heavy (non-hydrogen) atoms. The summed E-state index contributed by atoms with van der Waals surface area (Å²) in [6.45, 7) is 4.18. The molecule has 3 N–H and O–H groups in total. The maximum atomic E-state index is 11.9. The highest BCUT2D eigenvalue weighted by atomic mass is 32.1. The van der Waals surface area contributed by atoms with E-state index in [2.05, 4.69) is 12.2 Å². The molecule has 0 aliphatic heterocycles. The van der Waals surface area contributed by atoms with Gasteiger partial charge in [-0.1, -0.05) is 32.0 Å². The van der Waals surface area contributed by atoms with Gasteiger partial charge in [-0.15, -0.1) is 0 Å². The van der Waals surface area contributed by atoms with Crippen LogP contribution in [0.5, 0.6) is 0 Å². The van der Waals surface area contributed by atoms with E-state index in [1.54, 1.807) is 0 Å². The molecule has 1 saturated carbocycles. The summed E-state index contributed by atoms with van der Waals surface area (Å²) >= 11 is 4.93. The maximum Gasteiger partial charge on any atom is 0.233 e. The lowest BCUT2D eigenvalue weighted by Gasteiger charge is -2.18. The molecule has 1 rings (SSSR count). The Hall–Kier alpha value is -0.640. The number of nitrogens with one attached hydrogen (secondary N) is 1. The average Bonchev–Trinajstić information content (AvgIpc) is 2.95. The molecule has 1 unspecified atom stereocenters. The molecule has 86 valence electrons. The van der Waals surface area contributed by atoms with Gasteiger partial charge in [-0.3, -0.25) is 4.79 Å².